The second kappa shape index (κ2) is 7.64. The zero-order chi connectivity index (χ0) is 16.8. The smallest absolute Gasteiger partial charge is 0.408 e. The highest BCUT2D eigenvalue weighted by Gasteiger charge is 2.33. The van der Waals surface area contributed by atoms with Crippen molar-refractivity contribution >= 4 is 12.1 Å². The van der Waals surface area contributed by atoms with Crippen LogP contribution in [0.1, 0.15) is 61.3 Å². The minimum absolute atomic E-state index is 0.375. The van der Waals surface area contributed by atoms with Crippen molar-refractivity contribution in [2.24, 2.45) is 0 Å². The third kappa shape index (κ3) is 9.28. The number of hydrogen-bond acceptors (Lipinski definition) is 5. The van der Waals surface area contributed by atoms with Crippen molar-refractivity contribution in [2.75, 3.05) is 0 Å². The van der Waals surface area contributed by atoms with Gasteiger partial charge in [-0.2, -0.15) is 0 Å². The molecule has 0 heterocycles. The van der Waals surface area contributed by atoms with Crippen molar-refractivity contribution < 1.29 is 24.2 Å². The zero-order valence-electron chi connectivity index (χ0n) is 14.1. The number of rotatable bonds is 5. The van der Waals surface area contributed by atoms with Gasteiger partial charge in [-0.25, -0.2) is 9.59 Å². The first-order chi connectivity index (χ1) is 9.35. The number of carbonyl (C=O) groups excluding carboxylic acids is 2. The van der Waals surface area contributed by atoms with Crippen LogP contribution < -0.4 is 5.32 Å². The molecule has 0 fully saturated rings. The number of nitrogens with one attached hydrogen (secondary N) is 1. The number of ether oxygens (including phenoxy) is 2. The van der Waals surface area contributed by atoms with Gasteiger partial charge in [0, 0.05) is 0 Å². The fraction of sp³-hybridized carbons (Fsp3) is 0.867. The summed E-state index contributed by atoms with van der Waals surface area (Å²) >= 11 is 0. The summed E-state index contributed by atoms with van der Waals surface area (Å²) in [5, 5.41) is 12.4. The van der Waals surface area contributed by atoms with Gasteiger partial charge in [0.25, 0.3) is 0 Å². The number of aliphatic hydroxyl groups excluding tert-OH is 1. The maximum atomic E-state index is 12.1. The molecule has 0 aromatic rings. The van der Waals surface area contributed by atoms with E-state index in [-0.39, 0.29) is 0 Å². The van der Waals surface area contributed by atoms with E-state index < -0.39 is 35.4 Å². The molecular formula is C15H29NO5. The summed E-state index contributed by atoms with van der Waals surface area (Å²) in [7, 11) is 0. The summed E-state index contributed by atoms with van der Waals surface area (Å²) in [4.78, 5) is 23.9. The normalized spacial score (nSPS) is 15.0. The van der Waals surface area contributed by atoms with Gasteiger partial charge in [0.15, 0.2) is 6.04 Å². The van der Waals surface area contributed by atoms with E-state index in [1.807, 2.05) is 6.92 Å². The molecule has 0 unspecified atom stereocenters. The van der Waals surface area contributed by atoms with Crippen LogP contribution in [-0.4, -0.2) is 40.5 Å². The molecule has 0 radical (unpaired) electrons. The first-order valence-electron chi connectivity index (χ1n) is 7.26. The fourth-order valence-electron chi connectivity index (χ4n) is 1.57. The Hall–Kier alpha value is -1.30. The molecule has 1 amide bonds. The standard InChI is InChI=1S/C15H29NO5/c1-8-9-10(17)11(12(18)20-14(2,3)4)16-13(19)21-15(5,6)7/h10-11,17H,8-9H2,1-7H3,(H,16,19)/t10-,11+/m1/s1. The van der Waals surface area contributed by atoms with E-state index in [0.29, 0.717) is 12.8 Å². The van der Waals surface area contributed by atoms with E-state index in [0.717, 1.165) is 0 Å². The highest BCUT2D eigenvalue weighted by Crippen LogP contribution is 2.13. The third-order valence-electron chi connectivity index (χ3n) is 2.30. The minimum atomic E-state index is -1.14. The maximum absolute atomic E-state index is 12.1. The molecular weight excluding hydrogens is 274 g/mol. The molecule has 0 aromatic heterocycles. The highest BCUT2D eigenvalue weighted by atomic mass is 16.6. The quantitative estimate of drug-likeness (QED) is 0.762. The van der Waals surface area contributed by atoms with Crippen LogP contribution in [0.4, 0.5) is 4.79 Å². The van der Waals surface area contributed by atoms with E-state index in [1.54, 1.807) is 41.5 Å². The van der Waals surface area contributed by atoms with Crippen molar-refractivity contribution in [1.29, 1.82) is 0 Å². The van der Waals surface area contributed by atoms with Crippen LogP contribution in [0.25, 0.3) is 0 Å². The Labute approximate surface area is 127 Å². The van der Waals surface area contributed by atoms with E-state index in [4.69, 9.17) is 9.47 Å². The number of aliphatic hydroxyl groups is 1. The molecule has 0 saturated heterocycles. The largest absolute Gasteiger partial charge is 0.458 e. The molecule has 6 nitrogen and oxygen atoms in total. The van der Waals surface area contributed by atoms with Crippen molar-refractivity contribution in [3.8, 4) is 0 Å². The Bertz CT molecular complexity index is 354. The maximum Gasteiger partial charge on any atom is 0.408 e. The lowest BCUT2D eigenvalue weighted by Gasteiger charge is -2.28. The van der Waals surface area contributed by atoms with Crippen LogP contribution in [-0.2, 0) is 14.3 Å². The van der Waals surface area contributed by atoms with Gasteiger partial charge in [-0.3, -0.25) is 0 Å². The molecule has 0 spiro atoms. The van der Waals surface area contributed by atoms with Crippen LogP contribution in [0.5, 0.6) is 0 Å². The van der Waals surface area contributed by atoms with Gasteiger partial charge in [0.1, 0.15) is 11.2 Å². The number of esters is 1. The highest BCUT2D eigenvalue weighted by molar-refractivity contribution is 5.82. The van der Waals surface area contributed by atoms with Crippen molar-refractivity contribution in [1.82, 2.24) is 5.32 Å². The Balaban J connectivity index is 4.90. The van der Waals surface area contributed by atoms with Crippen molar-refractivity contribution in [2.45, 2.75) is 84.7 Å². The predicted molar refractivity (Wildman–Crippen MR) is 79.9 cm³/mol. The van der Waals surface area contributed by atoms with Gasteiger partial charge >= 0.3 is 12.1 Å². The van der Waals surface area contributed by atoms with E-state index >= 15 is 0 Å². The Kier molecular flexibility index (Phi) is 7.16. The summed E-state index contributed by atoms with van der Waals surface area (Å²) in [6, 6.07) is -1.14. The van der Waals surface area contributed by atoms with Crippen molar-refractivity contribution in [3.05, 3.63) is 0 Å². The number of alkyl carbamates (subject to hydrolysis) is 1. The number of carbonyl (C=O) groups is 2. The lowest BCUT2D eigenvalue weighted by atomic mass is 10.1. The summed E-state index contributed by atoms with van der Waals surface area (Å²) in [5.41, 5.74) is -1.38. The van der Waals surface area contributed by atoms with E-state index in [2.05, 4.69) is 5.32 Å². The van der Waals surface area contributed by atoms with Gasteiger partial charge in [0.2, 0.25) is 0 Å². The summed E-state index contributed by atoms with van der Waals surface area (Å²) in [6.45, 7) is 12.2. The lowest BCUT2D eigenvalue weighted by molar-refractivity contribution is -0.160. The average Bonchev–Trinajstić information content (AvgIpc) is 2.20. The SMILES string of the molecule is CCC[C@@H](O)[C@H](NC(=O)OC(C)(C)C)C(=O)OC(C)(C)C. The lowest BCUT2D eigenvalue weighted by Crippen LogP contribution is -2.52. The monoisotopic (exact) mass is 303 g/mol. The molecule has 0 aliphatic carbocycles. The van der Waals surface area contributed by atoms with Crippen LogP contribution in [0.3, 0.4) is 0 Å². The predicted octanol–water partition coefficient (Wildman–Crippen LogP) is 2.38. The van der Waals surface area contributed by atoms with Gasteiger partial charge in [-0.05, 0) is 48.0 Å². The Morgan fingerprint density at radius 2 is 1.52 bits per heavy atom. The Morgan fingerprint density at radius 3 is 1.90 bits per heavy atom. The molecule has 2 atom stereocenters. The summed E-state index contributed by atoms with van der Waals surface area (Å²) in [5.74, 6) is -0.672. The molecule has 0 rings (SSSR count). The molecule has 21 heavy (non-hydrogen) atoms. The van der Waals surface area contributed by atoms with Crippen LogP contribution in [0.2, 0.25) is 0 Å². The first-order valence-corrected chi connectivity index (χ1v) is 7.26. The second-order valence-corrected chi connectivity index (χ2v) is 7.01. The minimum Gasteiger partial charge on any atom is -0.458 e. The van der Waals surface area contributed by atoms with Gasteiger partial charge < -0.3 is 19.9 Å². The number of hydrogen-bond donors (Lipinski definition) is 2. The molecule has 0 bridgehead atoms. The molecule has 0 aromatic carbocycles. The average molecular weight is 303 g/mol. The van der Waals surface area contributed by atoms with Gasteiger partial charge in [0.05, 0.1) is 6.10 Å². The van der Waals surface area contributed by atoms with Gasteiger partial charge in [-0.15, -0.1) is 0 Å². The fourth-order valence-corrected chi connectivity index (χ4v) is 1.57. The summed E-state index contributed by atoms with van der Waals surface area (Å²) in [6.07, 6.45) is -0.721. The second-order valence-electron chi connectivity index (χ2n) is 7.01. The molecule has 6 heteroatoms. The molecule has 0 saturated carbocycles. The zero-order valence-corrected chi connectivity index (χ0v) is 14.1. The van der Waals surface area contributed by atoms with E-state index in [1.165, 1.54) is 0 Å². The first kappa shape index (κ1) is 19.7. The van der Waals surface area contributed by atoms with E-state index in [9.17, 15) is 14.7 Å². The van der Waals surface area contributed by atoms with Crippen LogP contribution in [0.15, 0.2) is 0 Å². The van der Waals surface area contributed by atoms with Gasteiger partial charge in [-0.1, -0.05) is 13.3 Å². The van der Waals surface area contributed by atoms with Crippen LogP contribution >= 0.6 is 0 Å². The molecule has 2 N–H and O–H groups in total. The third-order valence-corrected chi connectivity index (χ3v) is 2.30. The Morgan fingerprint density at radius 1 is 1.05 bits per heavy atom. The van der Waals surface area contributed by atoms with Crippen molar-refractivity contribution in [3.63, 3.8) is 0 Å². The number of amides is 1. The summed E-state index contributed by atoms with van der Waals surface area (Å²) < 4.78 is 10.3. The van der Waals surface area contributed by atoms with Crippen LogP contribution in [0, 0.1) is 0 Å². The molecule has 0 aliphatic heterocycles. The molecule has 0 aliphatic rings. The topological polar surface area (TPSA) is 84.9 Å². The molecule has 124 valence electrons.